The average molecular weight is 286 g/mol. The molecule has 3 rings (SSSR count). The minimum absolute atomic E-state index is 0.200. The Balaban J connectivity index is 2.27. The fourth-order valence-electron chi connectivity index (χ4n) is 2.68. The van der Waals surface area contributed by atoms with Crippen LogP contribution in [-0.4, -0.2) is 17.6 Å². The number of nitrogens with zero attached hydrogens (tertiary/aromatic N) is 2. The van der Waals surface area contributed by atoms with Crippen molar-refractivity contribution in [3.8, 4) is 0 Å². The van der Waals surface area contributed by atoms with Crippen molar-refractivity contribution in [1.82, 2.24) is 4.57 Å². The maximum absolute atomic E-state index is 12.4. The van der Waals surface area contributed by atoms with Crippen LogP contribution < -0.4 is 15.7 Å². The van der Waals surface area contributed by atoms with Crippen molar-refractivity contribution in [3.05, 3.63) is 34.7 Å². The summed E-state index contributed by atoms with van der Waals surface area (Å²) < 4.78 is 8.36. The molecule has 2 aromatic heterocycles. The molecule has 0 saturated heterocycles. The number of benzene rings is 1. The van der Waals surface area contributed by atoms with Crippen molar-refractivity contribution < 1.29 is 14.1 Å². The van der Waals surface area contributed by atoms with Crippen molar-refractivity contribution in [2.24, 2.45) is 7.05 Å². The standard InChI is InChI=1S/C15H15N3O3/c1-17-5-3-9-8-18(6-4-12(19)21-2)14-13(9)11(17)7-10(16)15(14)20/h3,5,7-8,16H,4,6H2,1-2H3/p+1. The zero-order valence-corrected chi connectivity index (χ0v) is 11.9. The Hall–Kier alpha value is -2.63. The van der Waals surface area contributed by atoms with Gasteiger partial charge in [-0.25, -0.2) is 0 Å². The molecule has 0 unspecified atom stereocenters. The van der Waals surface area contributed by atoms with Gasteiger partial charge in [-0.05, 0) is 12.1 Å². The number of aryl methyl sites for hydroxylation is 2. The van der Waals surface area contributed by atoms with Crippen molar-refractivity contribution >= 4 is 33.5 Å². The lowest BCUT2D eigenvalue weighted by molar-refractivity contribution is -0.667. The number of anilines is 1. The van der Waals surface area contributed by atoms with Gasteiger partial charge >= 0.3 is 5.97 Å². The fourth-order valence-corrected chi connectivity index (χ4v) is 2.68. The normalized spacial score (nSPS) is 11.3. The van der Waals surface area contributed by atoms with Crippen LogP contribution in [0.15, 0.2) is 29.3 Å². The van der Waals surface area contributed by atoms with Gasteiger partial charge in [0.25, 0.3) is 10.9 Å². The lowest BCUT2D eigenvalue weighted by Crippen LogP contribution is -2.36. The lowest BCUT2D eigenvalue weighted by atomic mass is 10.1. The summed E-state index contributed by atoms with van der Waals surface area (Å²) in [5, 5.41) is 1.84. The Morgan fingerprint density at radius 1 is 1.48 bits per heavy atom. The molecule has 6 heteroatoms. The van der Waals surface area contributed by atoms with E-state index in [4.69, 9.17) is 5.73 Å². The van der Waals surface area contributed by atoms with E-state index in [1.165, 1.54) is 7.11 Å². The SMILES string of the molecule is COC(=O)CC[n+]1cc2ccn(C)c3cc(N)c(=O)c1c23. The quantitative estimate of drug-likeness (QED) is 0.433. The molecule has 0 aliphatic rings. The number of methoxy groups -OCH3 is 1. The van der Waals surface area contributed by atoms with Crippen LogP contribution in [0.4, 0.5) is 5.69 Å². The first-order valence-corrected chi connectivity index (χ1v) is 6.63. The van der Waals surface area contributed by atoms with E-state index < -0.39 is 0 Å². The van der Waals surface area contributed by atoms with E-state index in [-0.39, 0.29) is 23.5 Å². The molecule has 0 atom stereocenters. The molecular formula is C15H16N3O3+. The van der Waals surface area contributed by atoms with Crippen LogP contribution in [0.25, 0.3) is 21.8 Å². The Bertz CT molecular complexity index is 898. The molecule has 21 heavy (non-hydrogen) atoms. The van der Waals surface area contributed by atoms with Crippen LogP contribution >= 0.6 is 0 Å². The molecule has 0 aliphatic heterocycles. The predicted octanol–water partition coefficient (Wildman–Crippen LogP) is 0.562. The molecular weight excluding hydrogens is 270 g/mol. The van der Waals surface area contributed by atoms with E-state index in [0.29, 0.717) is 12.1 Å². The number of ether oxygens (including phenoxy) is 1. The van der Waals surface area contributed by atoms with Crippen molar-refractivity contribution in [3.63, 3.8) is 0 Å². The van der Waals surface area contributed by atoms with E-state index in [9.17, 15) is 9.59 Å². The highest BCUT2D eigenvalue weighted by atomic mass is 16.5. The maximum Gasteiger partial charge on any atom is 0.311 e. The molecule has 6 nitrogen and oxygen atoms in total. The van der Waals surface area contributed by atoms with Gasteiger partial charge in [0, 0.05) is 13.2 Å². The van der Waals surface area contributed by atoms with Gasteiger partial charge in [-0.1, -0.05) is 0 Å². The van der Waals surface area contributed by atoms with E-state index >= 15 is 0 Å². The third-order valence-electron chi connectivity index (χ3n) is 3.78. The van der Waals surface area contributed by atoms with E-state index in [0.717, 1.165) is 16.3 Å². The van der Waals surface area contributed by atoms with E-state index in [1.807, 2.05) is 30.1 Å². The number of nitrogens with two attached hydrogens (primary N) is 1. The Morgan fingerprint density at radius 3 is 2.95 bits per heavy atom. The number of hydrogen-bond donors (Lipinski definition) is 1. The molecule has 0 aliphatic carbocycles. The van der Waals surface area contributed by atoms with Crippen molar-refractivity contribution in [2.45, 2.75) is 13.0 Å². The molecule has 0 radical (unpaired) electrons. The summed E-state index contributed by atoms with van der Waals surface area (Å²) in [6.07, 6.45) is 4.01. The molecule has 1 aromatic carbocycles. The van der Waals surface area contributed by atoms with Gasteiger partial charge in [0.2, 0.25) is 0 Å². The topological polar surface area (TPSA) is 78.2 Å². The number of carbonyl (C=O) groups excluding carboxylic acids is 1. The first-order chi connectivity index (χ1) is 10.0. The highest BCUT2D eigenvalue weighted by Gasteiger charge is 2.23. The third-order valence-corrected chi connectivity index (χ3v) is 3.78. The molecule has 0 amide bonds. The van der Waals surface area contributed by atoms with E-state index in [2.05, 4.69) is 4.74 Å². The molecule has 0 saturated carbocycles. The number of nitrogen functional groups attached to an aromatic ring is 1. The zero-order chi connectivity index (χ0) is 15.1. The van der Waals surface area contributed by atoms with Crippen LogP contribution in [0, 0.1) is 0 Å². The molecule has 3 aromatic rings. The largest absolute Gasteiger partial charge is 0.469 e. The van der Waals surface area contributed by atoms with Gasteiger partial charge in [0.1, 0.15) is 6.42 Å². The Labute approximate surface area is 120 Å². The molecule has 0 spiro atoms. The van der Waals surface area contributed by atoms with Gasteiger partial charge in [0.15, 0.2) is 12.7 Å². The summed E-state index contributed by atoms with van der Waals surface area (Å²) in [6.45, 7) is 0.388. The fraction of sp³-hybridized carbons (Fsp3) is 0.267. The molecule has 0 bridgehead atoms. The highest BCUT2D eigenvalue weighted by Crippen LogP contribution is 2.24. The number of aromatic nitrogens is 2. The number of rotatable bonds is 3. The number of carbonyl (C=O) groups is 1. The van der Waals surface area contributed by atoms with Gasteiger partial charge in [0.05, 0.1) is 29.1 Å². The molecule has 2 N–H and O–H groups in total. The number of hydrogen-bond acceptors (Lipinski definition) is 4. The van der Waals surface area contributed by atoms with Crippen LogP contribution in [-0.2, 0) is 23.1 Å². The van der Waals surface area contributed by atoms with Crippen LogP contribution in [0.1, 0.15) is 6.42 Å². The second-order valence-corrected chi connectivity index (χ2v) is 5.07. The highest BCUT2D eigenvalue weighted by molar-refractivity contribution is 6.07. The zero-order valence-electron chi connectivity index (χ0n) is 11.9. The number of esters is 1. The Kier molecular flexibility index (Phi) is 3.01. The minimum Gasteiger partial charge on any atom is -0.469 e. The van der Waals surface area contributed by atoms with Gasteiger partial charge in [-0.2, -0.15) is 4.57 Å². The predicted molar refractivity (Wildman–Crippen MR) is 79.1 cm³/mol. The second kappa shape index (κ2) is 4.73. The van der Waals surface area contributed by atoms with Crippen LogP contribution in [0.2, 0.25) is 0 Å². The second-order valence-electron chi connectivity index (χ2n) is 5.07. The van der Waals surface area contributed by atoms with Crippen molar-refractivity contribution in [1.29, 1.82) is 0 Å². The first kappa shape index (κ1) is 13.4. The summed E-state index contributed by atoms with van der Waals surface area (Å²) in [7, 11) is 3.26. The summed E-state index contributed by atoms with van der Waals surface area (Å²) in [5.74, 6) is -0.308. The van der Waals surface area contributed by atoms with Gasteiger partial charge < -0.3 is 15.0 Å². The lowest BCUT2D eigenvalue weighted by Gasteiger charge is -2.04. The molecule has 0 fully saturated rings. The van der Waals surface area contributed by atoms with E-state index in [1.54, 1.807) is 10.6 Å². The summed E-state index contributed by atoms with van der Waals surface area (Å²) in [4.78, 5) is 23.7. The molecule has 2 heterocycles. The summed E-state index contributed by atoms with van der Waals surface area (Å²) >= 11 is 0. The average Bonchev–Trinajstić information content (AvgIpc) is 2.85. The van der Waals surface area contributed by atoms with Crippen LogP contribution in [0.5, 0.6) is 0 Å². The first-order valence-electron chi connectivity index (χ1n) is 6.63. The van der Waals surface area contributed by atoms with Crippen molar-refractivity contribution in [2.75, 3.05) is 12.8 Å². The Morgan fingerprint density at radius 2 is 2.24 bits per heavy atom. The maximum atomic E-state index is 12.4. The minimum atomic E-state index is -0.308. The number of pyridine rings is 1. The van der Waals surface area contributed by atoms with Gasteiger partial charge in [-0.15, -0.1) is 0 Å². The summed E-state index contributed by atoms with van der Waals surface area (Å²) in [6, 6.07) is 3.64. The third kappa shape index (κ3) is 1.99. The van der Waals surface area contributed by atoms with Gasteiger partial charge in [-0.3, -0.25) is 9.59 Å². The summed E-state index contributed by atoms with van der Waals surface area (Å²) in [5.41, 5.74) is 7.29. The molecule has 108 valence electrons. The monoisotopic (exact) mass is 286 g/mol. The van der Waals surface area contributed by atoms with Crippen LogP contribution in [0.3, 0.4) is 0 Å². The smallest absolute Gasteiger partial charge is 0.311 e.